The van der Waals surface area contributed by atoms with Crippen LogP contribution in [0.1, 0.15) is 11.1 Å². The quantitative estimate of drug-likeness (QED) is 0.185. The lowest BCUT2D eigenvalue weighted by molar-refractivity contribution is 0.669. The lowest BCUT2D eigenvalue weighted by Crippen LogP contribution is -1.97. The van der Waals surface area contributed by atoms with E-state index in [1.165, 1.54) is 16.0 Å². The number of para-hydroxylation sites is 1. The minimum atomic E-state index is 0.649. The fraction of sp³-hybridized carbons (Fsp3) is 0. The van der Waals surface area contributed by atoms with Crippen molar-refractivity contribution in [2.45, 2.75) is 9.79 Å². The molecule has 3 aromatic heterocycles. The van der Waals surface area contributed by atoms with Crippen molar-refractivity contribution in [2.75, 3.05) is 0 Å². The zero-order chi connectivity index (χ0) is 34.4. The standard InChI is InChI=1S/C47H29N3OS/c1-2-12-32(13-3-1)41-28-42(34-14-10-24-48-29-34)50-47(49-41)33-23-22-31-21-20-30-11-4-5-15-35(30)37-17-7-9-19-45(37)52-46-27-39-36-16-6-8-18-43(36)51-44(39)26-40(46)38(31)25-33/h1-29H/b21-20-. The average Bonchev–Trinajstić information content (AvgIpc) is 3.57. The van der Waals surface area contributed by atoms with Gasteiger partial charge in [0, 0.05) is 49.6 Å². The third kappa shape index (κ3) is 5.39. The van der Waals surface area contributed by atoms with E-state index >= 15 is 0 Å². The lowest BCUT2D eigenvalue weighted by Gasteiger charge is -2.16. The van der Waals surface area contributed by atoms with Crippen LogP contribution in [0.2, 0.25) is 0 Å². The second-order valence-corrected chi connectivity index (χ2v) is 13.9. The molecule has 0 saturated heterocycles. The number of rotatable bonds is 3. The molecule has 52 heavy (non-hydrogen) atoms. The van der Waals surface area contributed by atoms with Crippen LogP contribution in [-0.4, -0.2) is 15.0 Å². The van der Waals surface area contributed by atoms with Crippen LogP contribution in [0.4, 0.5) is 0 Å². The van der Waals surface area contributed by atoms with Gasteiger partial charge in [-0.05, 0) is 81.9 Å². The fourth-order valence-corrected chi connectivity index (χ4v) is 8.21. The highest BCUT2D eigenvalue weighted by atomic mass is 32.2. The van der Waals surface area contributed by atoms with Crippen molar-refractivity contribution >= 4 is 45.9 Å². The Hall–Kier alpha value is -6.56. The molecule has 0 saturated carbocycles. The summed E-state index contributed by atoms with van der Waals surface area (Å²) in [6.07, 6.45) is 8.09. The Balaban J connectivity index is 1.24. The summed E-state index contributed by atoms with van der Waals surface area (Å²) in [5.74, 6) is 0.649. The molecule has 0 fully saturated rings. The van der Waals surface area contributed by atoms with Crippen molar-refractivity contribution in [2.24, 2.45) is 0 Å². The predicted octanol–water partition coefficient (Wildman–Crippen LogP) is 12.7. The van der Waals surface area contributed by atoms with Crippen LogP contribution in [0.5, 0.6) is 0 Å². The van der Waals surface area contributed by atoms with Gasteiger partial charge in [0.05, 0.1) is 11.4 Å². The summed E-state index contributed by atoms with van der Waals surface area (Å²) in [7, 11) is 0. The Morgan fingerprint density at radius 1 is 0.442 bits per heavy atom. The van der Waals surface area contributed by atoms with E-state index in [0.717, 1.165) is 77.2 Å². The van der Waals surface area contributed by atoms with Gasteiger partial charge in [-0.25, -0.2) is 9.97 Å². The van der Waals surface area contributed by atoms with Gasteiger partial charge < -0.3 is 4.42 Å². The van der Waals surface area contributed by atoms with Gasteiger partial charge in [0.2, 0.25) is 0 Å². The summed E-state index contributed by atoms with van der Waals surface area (Å²) in [6.45, 7) is 0. The summed E-state index contributed by atoms with van der Waals surface area (Å²) in [6, 6.07) is 53.0. The van der Waals surface area contributed by atoms with Gasteiger partial charge in [0.15, 0.2) is 5.82 Å². The molecule has 0 amide bonds. The van der Waals surface area contributed by atoms with Crippen LogP contribution in [0.3, 0.4) is 0 Å². The van der Waals surface area contributed by atoms with Crippen molar-refractivity contribution in [3.8, 4) is 56.2 Å². The number of aromatic nitrogens is 3. The van der Waals surface area contributed by atoms with Crippen molar-refractivity contribution in [1.82, 2.24) is 15.0 Å². The first-order valence-corrected chi connectivity index (χ1v) is 18.1. The average molecular weight is 684 g/mol. The minimum Gasteiger partial charge on any atom is -0.456 e. The Morgan fingerprint density at radius 3 is 2.04 bits per heavy atom. The molecule has 1 aliphatic heterocycles. The topological polar surface area (TPSA) is 51.8 Å². The van der Waals surface area contributed by atoms with Crippen LogP contribution >= 0.6 is 11.8 Å². The smallest absolute Gasteiger partial charge is 0.160 e. The Bertz CT molecular complexity index is 2770. The van der Waals surface area contributed by atoms with E-state index < -0.39 is 0 Å². The van der Waals surface area contributed by atoms with Crippen LogP contribution < -0.4 is 0 Å². The minimum absolute atomic E-state index is 0.649. The van der Waals surface area contributed by atoms with Gasteiger partial charge in [0.25, 0.3) is 0 Å². The maximum absolute atomic E-state index is 6.49. The molecular formula is C47H29N3OS. The molecule has 0 N–H and O–H groups in total. The van der Waals surface area contributed by atoms with E-state index in [2.05, 4.69) is 120 Å². The highest BCUT2D eigenvalue weighted by Gasteiger charge is 2.20. The van der Waals surface area contributed by atoms with Gasteiger partial charge in [-0.2, -0.15) is 0 Å². The number of hydrogen-bond acceptors (Lipinski definition) is 5. The number of furan rings is 1. The number of pyridine rings is 1. The molecule has 0 radical (unpaired) electrons. The molecule has 244 valence electrons. The van der Waals surface area contributed by atoms with Crippen LogP contribution in [-0.2, 0) is 0 Å². The highest BCUT2D eigenvalue weighted by molar-refractivity contribution is 7.99. The van der Waals surface area contributed by atoms with E-state index in [-0.39, 0.29) is 0 Å². The van der Waals surface area contributed by atoms with Crippen molar-refractivity contribution in [3.05, 3.63) is 175 Å². The van der Waals surface area contributed by atoms with Gasteiger partial charge in [0.1, 0.15) is 11.2 Å². The number of fused-ring (bicyclic) bond motifs is 9. The lowest BCUT2D eigenvalue weighted by atomic mass is 9.94. The summed E-state index contributed by atoms with van der Waals surface area (Å²) < 4.78 is 6.49. The highest BCUT2D eigenvalue weighted by Crippen LogP contribution is 2.46. The van der Waals surface area contributed by atoms with Crippen LogP contribution in [0.25, 0.3) is 90.2 Å². The van der Waals surface area contributed by atoms with Gasteiger partial charge in [-0.1, -0.05) is 127 Å². The predicted molar refractivity (Wildman–Crippen MR) is 214 cm³/mol. The number of benzene rings is 6. The van der Waals surface area contributed by atoms with E-state index in [1.54, 1.807) is 18.0 Å². The van der Waals surface area contributed by atoms with E-state index in [1.807, 2.05) is 54.7 Å². The van der Waals surface area contributed by atoms with Crippen molar-refractivity contribution in [1.29, 1.82) is 0 Å². The molecule has 9 aromatic rings. The maximum Gasteiger partial charge on any atom is 0.160 e. The first-order valence-electron chi connectivity index (χ1n) is 17.2. The molecule has 0 bridgehead atoms. The van der Waals surface area contributed by atoms with E-state index in [4.69, 9.17) is 14.4 Å². The first-order chi connectivity index (χ1) is 25.7. The molecule has 4 heterocycles. The second kappa shape index (κ2) is 12.6. The molecule has 4 nitrogen and oxygen atoms in total. The molecule has 6 aromatic carbocycles. The van der Waals surface area contributed by atoms with Gasteiger partial charge >= 0.3 is 0 Å². The SMILES string of the molecule is C1=C\c2ccc(-c3nc(-c4ccccc4)cc(-c4cccnc4)n3)cc2-c2cc3oc4ccccc4c3cc2Sc2ccccc2-c2ccccc2/1. The molecule has 0 spiro atoms. The summed E-state index contributed by atoms with van der Waals surface area (Å²) in [4.78, 5) is 17.0. The van der Waals surface area contributed by atoms with Gasteiger partial charge in [-0.3, -0.25) is 4.98 Å². The Labute approximate surface area is 305 Å². The van der Waals surface area contributed by atoms with Gasteiger partial charge in [-0.15, -0.1) is 0 Å². The Kier molecular flexibility index (Phi) is 7.36. The molecule has 10 rings (SSSR count). The maximum atomic E-state index is 6.49. The molecule has 1 aliphatic rings. The fourth-order valence-electron chi connectivity index (χ4n) is 7.08. The summed E-state index contributed by atoms with van der Waals surface area (Å²) in [5.41, 5.74) is 13.1. The second-order valence-electron chi connectivity index (χ2n) is 12.8. The zero-order valence-corrected chi connectivity index (χ0v) is 28.7. The number of nitrogens with zero attached hydrogens (tertiary/aromatic N) is 3. The van der Waals surface area contributed by atoms with E-state index in [0.29, 0.717) is 5.82 Å². The largest absolute Gasteiger partial charge is 0.456 e. The Morgan fingerprint density at radius 2 is 1.17 bits per heavy atom. The van der Waals surface area contributed by atoms with Crippen LogP contribution in [0.15, 0.2) is 178 Å². The molecule has 0 unspecified atom stereocenters. The van der Waals surface area contributed by atoms with Crippen LogP contribution in [0, 0.1) is 0 Å². The molecule has 0 atom stereocenters. The summed E-state index contributed by atoms with van der Waals surface area (Å²) >= 11 is 1.80. The number of hydrogen-bond donors (Lipinski definition) is 0. The van der Waals surface area contributed by atoms with Crippen molar-refractivity contribution in [3.63, 3.8) is 0 Å². The molecular weight excluding hydrogens is 655 g/mol. The monoisotopic (exact) mass is 683 g/mol. The summed E-state index contributed by atoms with van der Waals surface area (Å²) in [5, 5.41) is 2.21. The van der Waals surface area contributed by atoms with E-state index in [9.17, 15) is 0 Å². The third-order valence-electron chi connectivity index (χ3n) is 9.63. The van der Waals surface area contributed by atoms with Crippen molar-refractivity contribution < 1.29 is 4.42 Å². The molecule has 0 aliphatic carbocycles. The zero-order valence-electron chi connectivity index (χ0n) is 27.9. The first kappa shape index (κ1) is 30.3. The molecule has 5 heteroatoms. The normalized spacial score (nSPS) is 12.7. The third-order valence-corrected chi connectivity index (χ3v) is 10.8.